The first-order valence-corrected chi connectivity index (χ1v) is 5.45. The van der Waals surface area contributed by atoms with E-state index in [-0.39, 0.29) is 0 Å². The predicted octanol–water partition coefficient (Wildman–Crippen LogP) is 3.52. The smallest absolute Gasteiger partial charge is 0.110 e. The first-order valence-electron chi connectivity index (χ1n) is 4.26. The van der Waals surface area contributed by atoms with Gasteiger partial charge in [-0.25, -0.2) is 0 Å². The lowest BCUT2D eigenvalue weighted by Crippen LogP contribution is -1.85. The minimum atomic E-state index is 0.541. The molecule has 0 bridgehead atoms. The number of nitrogen functional groups attached to an aromatic ring is 1. The Balaban J connectivity index is 2.46. The molecule has 2 N–H and O–H groups in total. The molecule has 0 fully saturated rings. The van der Waals surface area contributed by atoms with Crippen LogP contribution >= 0.6 is 22.9 Å². The van der Waals surface area contributed by atoms with E-state index in [0.29, 0.717) is 15.6 Å². The molecule has 0 spiro atoms. The molecule has 1 heterocycles. The van der Waals surface area contributed by atoms with Gasteiger partial charge < -0.3 is 5.73 Å². The van der Waals surface area contributed by atoms with E-state index >= 15 is 0 Å². The molecule has 4 heteroatoms. The van der Waals surface area contributed by atoms with Gasteiger partial charge in [0, 0.05) is 4.88 Å². The molecule has 0 saturated carbocycles. The van der Waals surface area contributed by atoms with Gasteiger partial charge in [0.15, 0.2) is 0 Å². The van der Waals surface area contributed by atoms with Crippen LogP contribution in [0.2, 0.25) is 5.02 Å². The Bertz CT molecular complexity index is 540. The molecular weight excluding hydrogens is 228 g/mol. The van der Waals surface area contributed by atoms with Crippen molar-refractivity contribution in [1.82, 2.24) is 0 Å². The van der Waals surface area contributed by atoms with Crippen LogP contribution in [0.4, 0.5) is 5.69 Å². The molecule has 1 aromatic carbocycles. The first kappa shape index (κ1) is 10.0. The summed E-state index contributed by atoms with van der Waals surface area (Å²) in [5.41, 5.74) is 7.17. The summed E-state index contributed by atoms with van der Waals surface area (Å²) in [6, 6.07) is 11.3. The van der Waals surface area contributed by atoms with Crippen molar-refractivity contribution in [3.8, 4) is 16.5 Å². The van der Waals surface area contributed by atoms with Gasteiger partial charge in [0.25, 0.3) is 0 Å². The van der Waals surface area contributed by atoms with Crippen LogP contribution in [0.5, 0.6) is 0 Å². The normalized spacial score (nSPS) is 9.87. The molecule has 0 aliphatic rings. The van der Waals surface area contributed by atoms with E-state index in [1.807, 2.05) is 18.2 Å². The molecule has 2 nitrogen and oxygen atoms in total. The standard InChI is InChI=1S/C11H7ClN2S/c12-9-5-7(1-3-10(9)14)11-4-2-8(6-13)15-11/h1-5H,14H2. The van der Waals surface area contributed by atoms with E-state index in [9.17, 15) is 0 Å². The number of nitriles is 1. The fraction of sp³-hybridized carbons (Fsp3) is 0. The maximum Gasteiger partial charge on any atom is 0.110 e. The molecule has 0 radical (unpaired) electrons. The fourth-order valence-electron chi connectivity index (χ4n) is 1.23. The number of nitrogens with two attached hydrogens (primary N) is 1. The molecular formula is C11H7ClN2S. The van der Waals surface area contributed by atoms with Crippen molar-refractivity contribution >= 4 is 28.6 Å². The van der Waals surface area contributed by atoms with Crippen molar-refractivity contribution in [3.05, 3.63) is 40.2 Å². The number of rotatable bonds is 1. The molecule has 0 amide bonds. The second-order valence-corrected chi connectivity index (χ2v) is 4.50. The van der Waals surface area contributed by atoms with Gasteiger partial charge in [0.1, 0.15) is 10.9 Å². The average Bonchev–Trinajstić information content (AvgIpc) is 2.70. The van der Waals surface area contributed by atoms with Crippen molar-refractivity contribution in [3.63, 3.8) is 0 Å². The predicted molar refractivity (Wildman–Crippen MR) is 63.9 cm³/mol. The summed E-state index contributed by atoms with van der Waals surface area (Å²) in [4.78, 5) is 1.71. The zero-order chi connectivity index (χ0) is 10.8. The van der Waals surface area contributed by atoms with Crippen LogP contribution in [-0.2, 0) is 0 Å². The highest BCUT2D eigenvalue weighted by molar-refractivity contribution is 7.16. The molecule has 0 saturated heterocycles. The lowest BCUT2D eigenvalue weighted by atomic mass is 10.2. The number of anilines is 1. The van der Waals surface area contributed by atoms with Crippen molar-refractivity contribution in [1.29, 1.82) is 5.26 Å². The summed E-state index contributed by atoms with van der Waals surface area (Å²) in [5, 5.41) is 9.25. The first-order chi connectivity index (χ1) is 7.20. The highest BCUT2D eigenvalue weighted by Crippen LogP contribution is 2.31. The van der Waals surface area contributed by atoms with Crippen LogP contribution in [0.15, 0.2) is 30.3 Å². The van der Waals surface area contributed by atoms with E-state index in [2.05, 4.69) is 6.07 Å². The molecule has 0 atom stereocenters. The number of hydrogen-bond donors (Lipinski definition) is 1. The quantitative estimate of drug-likeness (QED) is 0.768. The van der Waals surface area contributed by atoms with E-state index in [1.54, 1.807) is 12.1 Å². The second kappa shape index (κ2) is 3.93. The molecule has 74 valence electrons. The molecule has 1 aromatic heterocycles. The van der Waals surface area contributed by atoms with E-state index in [1.165, 1.54) is 11.3 Å². The van der Waals surface area contributed by atoms with Crippen LogP contribution < -0.4 is 5.73 Å². The van der Waals surface area contributed by atoms with Gasteiger partial charge in [0.2, 0.25) is 0 Å². The summed E-state index contributed by atoms with van der Waals surface area (Å²) < 4.78 is 0. The molecule has 0 aliphatic heterocycles. The number of benzene rings is 1. The van der Waals surface area contributed by atoms with Gasteiger partial charge in [-0.3, -0.25) is 0 Å². The van der Waals surface area contributed by atoms with Crippen molar-refractivity contribution in [2.24, 2.45) is 0 Å². The Kier molecular flexibility index (Phi) is 2.63. The van der Waals surface area contributed by atoms with Crippen LogP contribution in [0.25, 0.3) is 10.4 Å². The Morgan fingerprint density at radius 1 is 1.27 bits per heavy atom. The highest BCUT2D eigenvalue weighted by Gasteiger charge is 2.04. The maximum absolute atomic E-state index is 8.71. The van der Waals surface area contributed by atoms with Crippen LogP contribution in [-0.4, -0.2) is 0 Å². The summed E-state index contributed by atoms with van der Waals surface area (Å²) in [6.45, 7) is 0. The van der Waals surface area contributed by atoms with Crippen molar-refractivity contribution < 1.29 is 0 Å². The molecule has 2 aromatic rings. The molecule has 0 aliphatic carbocycles. The van der Waals surface area contributed by atoms with Gasteiger partial charge in [0.05, 0.1) is 10.7 Å². The monoisotopic (exact) mass is 234 g/mol. The third-order valence-electron chi connectivity index (χ3n) is 2.00. The number of hydrogen-bond acceptors (Lipinski definition) is 3. The SMILES string of the molecule is N#Cc1ccc(-c2ccc(N)c(Cl)c2)s1. The Morgan fingerprint density at radius 2 is 2.07 bits per heavy atom. The van der Waals surface area contributed by atoms with Crippen LogP contribution in [0.1, 0.15) is 4.88 Å². The lowest BCUT2D eigenvalue weighted by molar-refractivity contribution is 1.52. The second-order valence-electron chi connectivity index (χ2n) is 3.01. The molecule has 2 rings (SSSR count). The summed E-state index contributed by atoms with van der Waals surface area (Å²) in [5.74, 6) is 0. The van der Waals surface area contributed by atoms with Crippen molar-refractivity contribution in [2.45, 2.75) is 0 Å². The topological polar surface area (TPSA) is 49.8 Å². The Morgan fingerprint density at radius 3 is 2.67 bits per heavy atom. The highest BCUT2D eigenvalue weighted by atomic mass is 35.5. The summed E-state index contributed by atoms with van der Waals surface area (Å²) in [6.07, 6.45) is 0. The average molecular weight is 235 g/mol. The Hall–Kier alpha value is -1.50. The largest absolute Gasteiger partial charge is 0.398 e. The van der Waals surface area contributed by atoms with Gasteiger partial charge >= 0.3 is 0 Å². The van der Waals surface area contributed by atoms with Gasteiger partial charge in [-0.05, 0) is 29.8 Å². The minimum absolute atomic E-state index is 0.541. The van der Waals surface area contributed by atoms with E-state index in [0.717, 1.165) is 10.4 Å². The maximum atomic E-state index is 8.71. The van der Waals surface area contributed by atoms with Gasteiger partial charge in [-0.15, -0.1) is 11.3 Å². The third kappa shape index (κ3) is 1.96. The van der Waals surface area contributed by atoms with Crippen LogP contribution in [0.3, 0.4) is 0 Å². The van der Waals surface area contributed by atoms with E-state index in [4.69, 9.17) is 22.6 Å². The number of halogens is 1. The zero-order valence-electron chi connectivity index (χ0n) is 7.70. The molecule has 0 unspecified atom stereocenters. The fourth-order valence-corrected chi connectivity index (χ4v) is 2.21. The Labute approximate surface area is 96.5 Å². The number of nitrogens with zero attached hydrogens (tertiary/aromatic N) is 1. The number of thiophene rings is 1. The summed E-state index contributed by atoms with van der Waals surface area (Å²) in [7, 11) is 0. The lowest BCUT2D eigenvalue weighted by Gasteiger charge is -2.00. The van der Waals surface area contributed by atoms with Crippen molar-refractivity contribution in [2.75, 3.05) is 5.73 Å². The minimum Gasteiger partial charge on any atom is -0.398 e. The van der Waals surface area contributed by atoms with Gasteiger partial charge in [-0.1, -0.05) is 17.7 Å². The van der Waals surface area contributed by atoms with Gasteiger partial charge in [-0.2, -0.15) is 5.26 Å². The summed E-state index contributed by atoms with van der Waals surface area (Å²) >= 11 is 7.36. The molecule has 15 heavy (non-hydrogen) atoms. The zero-order valence-corrected chi connectivity index (χ0v) is 9.27. The van der Waals surface area contributed by atoms with Crippen LogP contribution in [0, 0.1) is 11.3 Å². The third-order valence-corrected chi connectivity index (χ3v) is 3.37. The van der Waals surface area contributed by atoms with E-state index < -0.39 is 0 Å².